The maximum atomic E-state index is 12.9. The highest BCUT2D eigenvalue weighted by Crippen LogP contribution is 2.18. The SMILES string of the molecule is Cc1nn(-c2ccccc2)c(C)c1CC(=O)NNC(=O)Cc1ccc(F)cc1. The molecule has 0 atom stereocenters. The number of rotatable bonds is 5. The molecule has 3 aromatic rings. The maximum absolute atomic E-state index is 12.9. The van der Waals surface area contributed by atoms with Gasteiger partial charge < -0.3 is 0 Å². The molecule has 7 heteroatoms. The summed E-state index contributed by atoms with van der Waals surface area (Å²) in [5, 5.41) is 4.51. The Labute approximate surface area is 162 Å². The summed E-state index contributed by atoms with van der Waals surface area (Å²) in [7, 11) is 0. The monoisotopic (exact) mass is 380 g/mol. The molecule has 0 unspecified atom stereocenters. The van der Waals surface area contributed by atoms with Crippen molar-refractivity contribution in [3.63, 3.8) is 0 Å². The van der Waals surface area contributed by atoms with E-state index in [0.717, 1.165) is 22.6 Å². The highest BCUT2D eigenvalue weighted by atomic mass is 19.1. The number of hydrogen-bond donors (Lipinski definition) is 2. The second kappa shape index (κ2) is 8.47. The first-order chi connectivity index (χ1) is 13.4. The maximum Gasteiger partial charge on any atom is 0.242 e. The van der Waals surface area contributed by atoms with E-state index in [1.807, 2.05) is 44.2 Å². The van der Waals surface area contributed by atoms with Gasteiger partial charge in [-0.25, -0.2) is 9.07 Å². The summed E-state index contributed by atoms with van der Waals surface area (Å²) in [5.74, 6) is -1.08. The molecule has 28 heavy (non-hydrogen) atoms. The molecular weight excluding hydrogens is 359 g/mol. The number of benzene rings is 2. The summed E-state index contributed by atoms with van der Waals surface area (Å²) < 4.78 is 14.7. The lowest BCUT2D eigenvalue weighted by atomic mass is 10.1. The lowest BCUT2D eigenvalue weighted by molar-refractivity contribution is -0.128. The third-order valence-corrected chi connectivity index (χ3v) is 4.40. The molecule has 0 fully saturated rings. The number of hydrogen-bond acceptors (Lipinski definition) is 3. The lowest BCUT2D eigenvalue weighted by Crippen LogP contribution is -2.43. The van der Waals surface area contributed by atoms with Crippen LogP contribution in [0.2, 0.25) is 0 Å². The summed E-state index contributed by atoms with van der Waals surface area (Å²) in [6.07, 6.45) is 0.145. The lowest BCUT2D eigenvalue weighted by Gasteiger charge is -2.08. The number of aryl methyl sites for hydroxylation is 1. The molecule has 0 saturated heterocycles. The van der Waals surface area contributed by atoms with Gasteiger partial charge in [-0.1, -0.05) is 30.3 Å². The molecule has 144 valence electrons. The molecule has 6 nitrogen and oxygen atoms in total. The predicted octanol–water partition coefficient (Wildman–Crippen LogP) is 2.56. The van der Waals surface area contributed by atoms with Crippen LogP contribution in [-0.4, -0.2) is 21.6 Å². The van der Waals surface area contributed by atoms with Gasteiger partial charge in [0.05, 0.1) is 24.2 Å². The zero-order valence-electron chi connectivity index (χ0n) is 15.7. The molecule has 0 bridgehead atoms. The Hall–Kier alpha value is -3.48. The van der Waals surface area contributed by atoms with Gasteiger partial charge in [0.1, 0.15) is 5.82 Å². The van der Waals surface area contributed by atoms with Gasteiger partial charge in [0, 0.05) is 11.3 Å². The number of hydrazine groups is 1. The highest BCUT2D eigenvalue weighted by molar-refractivity contribution is 5.84. The van der Waals surface area contributed by atoms with Crippen molar-refractivity contribution in [3.05, 3.63) is 82.9 Å². The molecule has 1 heterocycles. The van der Waals surface area contributed by atoms with Crippen LogP contribution in [0.5, 0.6) is 0 Å². The van der Waals surface area contributed by atoms with Crippen molar-refractivity contribution in [3.8, 4) is 5.69 Å². The highest BCUT2D eigenvalue weighted by Gasteiger charge is 2.16. The first-order valence-corrected chi connectivity index (χ1v) is 8.86. The van der Waals surface area contributed by atoms with Gasteiger partial charge in [-0.3, -0.25) is 20.4 Å². The zero-order chi connectivity index (χ0) is 20.1. The van der Waals surface area contributed by atoms with Crippen LogP contribution >= 0.6 is 0 Å². The van der Waals surface area contributed by atoms with Crippen LogP contribution in [-0.2, 0) is 22.4 Å². The fourth-order valence-corrected chi connectivity index (χ4v) is 2.93. The molecule has 1 aromatic heterocycles. The van der Waals surface area contributed by atoms with Crippen molar-refractivity contribution >= 4 is 11.8 Å². The molecule has 0 aliphatic rings. The van der Waals surface area contributed by atoms with Gasteiger partial charge in [0.25, 0.3) is 0 Å². The number of carbonyl (C=O) groups excluding carboxylic acids is 2. The van der Waals surface area contributed by atoms with Crippen molar-refractivity contribution in [1.29, 1.82) is 0 Å². The average molecular weight is 380 g/mol. The Morgan fingerprint density at radius 2 is 1.54 bits per heavy atom. The van der Waals surface area contributed by atoms with E-state index >= 15 is 0 Å². The summed E-state index contributed by atoms with van der Waals surface area (Å²) >= 11 is 0. The van der Waals surface area contributed by atoms with Gasteiger partial charge in [0.15, 0.2) is 0 Å². The largest absolute Gasteiger partial charge is 0.273 e. The van der Waals surface area contributed by atoms with Crippen LogP contribution in [0.15, 0.2) is 54.6 Å². The van der Waals surface area contributed by atoms with E-state index in [9.17, 15) is 14.0 Å². The molecule has 0 aliphatic heterocycles. The van der Waals surface area contributed by atoms with E-state index in [2.05, 4.69) is 16.0 Å². The number of aromatic nitrogens is 2. The van der Waals surface area contributed by atoms with Crippen molar-refractivity contribution in [2.75, 3.05) is 0 Å². The second-order valence-electron chi connectivity index (χ2n) is 6.47. The fraction of sp³-hybridized carbons (Fsp3) is 0.190. The summed E-state index contributed by atoms with van der Waals surface area (Å²) in [6, 6.07) is 15.3. The Kier molecular flexibility index (Phi) is 5.84. The molecule has 0 saturated carbocycles. The number of para-hydroxylation sites is 1. The number of amides is 2. The third-order valence-electron chi connectivity index (χ3n) is 4.40. The third kappa shape index (κ3) is 4.62. The molecule has 0 spiro atoms. The van der Waals surface area contributed by atoms with E-state index in [4.69, 9.17) is 0 Å². The average Bonchev–Trinajstić information content (AvgIpc) is 2.97. The van der Waals surface area contributed by atoms with Crippen LogP contribution in [0, 0.1) is 19.7 Å². The Balaban J connectivity index is 1.58. The summed E-state index contributed by atoms with van der Waals surface area (Å²) in [5.41, 5.74) is 8.82. The fourth-order valence-electron chi connectivity index (χ4n) is 2.93. The zero-order valence-corrected chi connectivity index (χ0v) is 15.7. The minimum Gasteiger partial charge on any atom is -0.273 e. The van der Waals surface area contributed by atoms with E-state index in [-0.39, 0.29) is 30.5 Å². The summed E-state index contributed by atoms with van der Waals surface area (Å²) in [4.78, 5) is 24.2. The van der Waals surface area contributed by atoms with Crippen LogP contribution in [0.3, 0.4) is 0 Å². The van der Waals surface area contributed by atoms with Gasteiger partial charge in [-0.05, 0) is 43.7 Å². The predicted molar refractivity (Wildman–Crippen MR) is 103 cm³/mol. The van der Waals surface area contributed by atoms with Crippen LogP contribution in [0.4, 0.5) is 4.39 Å². The van der Waals surface area contributed by atoms with Gasteiger partial charge in [0.2, 0.25) is 11.8 Å². The van der Waals surface area contributed by atoms with Crippen LogP contribution < -0.4 is 10.9 Å². The van der Waals surface area contributed by atoms with Gasteiger partial charge >= 0.3 is 0 Å². The smallest absolute Gasteiger partial charge is 0.242 e. The van der Waals surface area contributed by atoms with E-state index in [1.54, 1.807) is 4.68 Å². The molecule has 2 N–H and O–H groups in total. The molecule has 3 rings (SSSR count). The van der Waals surface area contributed by atoms with Crippen LogP contribution in [0.25, 0.3) is 5.69 Å². The van der Waals surface area contributed by atoms with Crippen LogP contribution in [0.1, 0.15) is 22.5 Å². The Morgan fingerprint density at radius 1 is 0.929 bits per heavy atom. The minimum atomic E-state index is -0.381. The van der Waals surface area contributed by atoms with Gasteiger partial charge in [-0.2, -0.15) is 5.10 Å². The minimum absolute atomic E-state index is 0.0462. The first kappa shape index (κ1) is 19.3. The first-order valence-electron chi connectivity index (χ1n) is 8.86. The topological polar surface area (TPSA) is 76.0 Å². The molecular formula is C21H21FN4O2. The van der Waals surface area contributed by atoms with E-state index < -0.39 is 0 Å². The number of halogens is 1. The van der Waals surface area contributed by atoms with Crippen molar-refractivity contribution in [2.45, 2.75) is 26.7 Å². The second-order valence-corrected chi connectivity index (χ2v) is 6.47. The van der Waals surface area contributed by atoms with Gasteiger partial charge in [-0.15, -0.1) is 0 Å². The number of carbonyl (C=O) groups is 2. The Bertz CT molecular complexity index is 982. The molecule has 2 aromatic carbocycles. The normalized spacial score (nSPS) is 10.5. The van der Waals surface area contributed by atoms with Crippen molar-refractivity contribution < 1.29 is 14.0 Å². The van der Waals surface area contributed by atoms with E-state index in [0.29, 0.717) is 5.56 Å². The quantitative estimate of drug-likeness (QED) is 0.668. The number of nitrogens with one attached hydrogen (secondary N) is 2. The number of nitrogens with zero attached hydrogens (tertiary/aromatic N) is 2. The van der Waals surface area contributed by atoms with Crippen molar-refractivity contribution in [2.24, 2.45) is 0 Å². The van der Waals surface area contributed by atoms with Crippen molar-refractivity contribution in [1.82, 2.24) is 20.6 Å². The molecule has 2 amide bonds. The molecule has 0 radical (unpaired) electrons. The van der Waals surface area contributed by atoms with E-state index in [1.165, 1.54) is 24.3 Å². The summed E-state index contributed by atoms with van der Waals surface area (Å²) in [6.45, 7) is 3.75. The molecule has 0 aliphatic carbocycles. The Morgan fingerprint density at radius 3 is 2.18 bits per heavy atom. The standard InChI is InChI=1S/C21H21FN4O2/c1-14-19(15(2)26(25-14)18-6-4-3-5-7-18)13-21(28)24-23-20(27)12-16-8-10-17(22)11-9-16/h3-11H,12-13H2,1-2H3,(H,23,27)(H,24,28).